The van der Waals surface area contributed by atoms with E-state index in [1.165, 1.54) is 12.1 Å². The summed E-state index contributed by atoms with van der Waals surface area (Å²) in [7, 11) is 0. The number of anilines is 1. The molecule has 10 nitrogen and oxygen atoms in total. The molecule has 0 radical (unpaired) electrons. The molecule has 0 spiro atoms. The average molecular weight is 499 g/mol. The number of rotatable bonds is 6. The van der Waals surface area contributed by atoms with Gasteiger partial charge in [-0.25, -0.2) is 4.39 Å². The molecule has 11 heteroatoms. The molecule has 2 saturated heterocycles. The first-order valence-corrected chi connectivity index (χ1v) is 11.8. The van der Waals surface area contributed by atoms with Crippen LogP contribution in [0.4, 0.5) is 10.1 Å². The van der Waals surface area contributed by atoms with E-state index in [4.69, 9.17) is 4.74 Å². The summed E-state index contributed by atoms with van der Waals surface area (Å²) >= 11 is 0. The Balaban J connectivity index is 1.37. The Hall–Kier alpha value is -3.38. The number of morpholine rings is 1. The molecule has 1 atom stereocenters. The van der Waals surface area contributed by atoms with E-state index in [1.54, 1.807) is 24.3 Å². The maximum absolute atomic E-state index is 14.6. The number of nitrogens with one attached hydrogen (secondary N) is 2. The van der Waals surface area contributed by atoms with Gasteiger partial charge >= 0.3 is 0 Å². The van der Waals surface area contributed by atoms with Gasteiger partial charge in [-0.3, -0.25) is 29.5 Å². The van der Waals surface area contributed by atoms with E-state index in [0.29, 0.717) is 30.2 Å². The molecule has 0 bridgehead atoms. The number of nitrogens with zero attached hydrogens (tertiary/aromatic N) is 2. The molecular weight excluding hydrogens is 471 g/mol. The van der Waals surface area contributed by atoms with Crippen LogP contribution in [0.3, 0.4) is 0 Å². The first-order chi connectivity index (χ1) is 17.3. The largest absolute Gasteiger partial charge is 0.380 e. The van der Waals surface area contributed by atoms with Gasteiger partial charge in [0, 0.05) is 43.9 Å². The number of ether oxygens (including phenoxy) is 1. The summed E-state index contributed by atoms with van der Waals surface area (Å²) in [5, 5.41) is 27.2. The summed E-state index contributed by atoms with van der Waals surface area (Å²) in [5.41, 5.74) is 1.43. The van der Waals surface area contributed by atoms with Crippen LogP contribution in [-0.2, 0) is 33.3 Å². The Bertz CT molecular complexity index is 1210. The number of halogens is 1. The van der Waals surface area contributed by atoms with Gasteiger partial charge in [-0.1, -0.05) is 12.1 Å². The molecule has 0 saturated carbocycles. The Kier molecular flexibility index (Phi) is 6.47. The topological polar surface area (TPSA) is 131 Å². The third kappa shape index (κ3) is 4.46. The summed E-state index contributed by atoms with van der Waals surface area (Å²) in [6.45, 7) is 3.60. The molecular formula is C25H27FN4O6. The summed E-state index contributed by atoms with van der Waals surface area (Å²) in [6.07, 6.45) is -0.0606. The maximum atomic E-state index is 14.6. The smallest absolute Gasteiger partial charge is 0.281 e. The van der Waals surface area contributed by atoms with E-state index in [2.05, 4.69) is 15.5 Å². The second-order valence-electron chi connectivity index (χ2n) is 9.17. The Morgan fingerprint density at radius 1 is 1.14 bits per heavy atom. The molecule has 3 heterocycles. The first-order valence-electron chi connectivity index (χ1n) is 11.8. The van der Waals surface area contributed by atoms with E-state index in [0.717, 1.165) is 18.7 Å². The fourth-order valence-corrected chi connectivity index (χ4v) is 4.99. The zero-order chi connectivity index (χ0) is 25.4. The predicted molar refractivity (Wildman–Crippen MR) is 125 cm³/mol. The SMILES string of the molecule is O=C1CCC(N2C(=O)c3cccc(NCc4cc(CN5CCOCC5)ccc4F)c3C2(O)O)C(=O)N1. The number of hydrogen-bond donors (Lipinski definition) is 4. The molecule has 0 aromatic heterocycles. The highest BCUT2D eigenvalue weighted by Gasteiger charge is 2.54. The van der Waals surface area contributed by atoms with Gasteiger partial charge in [-0.2, -0.15) is 0 Å². The van der Waals surface area contributed by atoms with Crippen molar-refractivity contribution in [3.63, 3.8) is 0 Å². The second kappa shape index (κ2) is 9.58. The summed E-state index contributed by atoms with van der Waals surface area (Å²) in [4.78, 5) is 39.9. The van der Waals surface area contributed by atoms with Gasteiger partial charge < -0.3 is 20.3 Å². The third-order valence-corrected chi connectivity index (χ3v) is 6.80. The number of carbonyl (C=O) groups excluding carboxylic acids is 3. The van der Waals surface area contributed by atoms with Crippen LogP contribution in [0.25, 0.3) is 0 Å². The lowest BCUT2D eigenvalue weighted by molar-refractivity contribution is -0.258. The maximum Gasteiger partial charge on any atom is 0.281 e. The highest BCUT2D eigenvalue weighted by Crippen LogP contribution is 2.42. The van der Waals surface area contributed by atoms with Crippen LogP contribution in [0.15, 0.2) is 36.4 Å². The summed E-state index contributed by atoms with van der Waals surface area (Å²) < 4.78 is 20.0. The zero-order valence-electron chi connectivity index (χ0n) is 19.5. The standard InChI is InChI=1S/C25H27FN4O6/c26-18-5-4-15(14-29-8-10-36-11-9-29)12-16(18)13-27-19-3-1-2-17-22(19)25(34,35)30(24(17)33)20-6-7-21(31)28-23(20)32/h1-5,12,20,27,34-35H,6-11,13-14H2,(H,28,31,32). The number of imide groups is 1. The minimum atomic E-state index is -2.80. The molecule has 1 unspecified atom stereocenters. The minimum absolute atomic E-state index is 0.0104. The number of piperidine rings is 1. The fourth-order valence-electron chi connectivity index (χ4n) is 4.99. The van der Waals surface area contributed by atoms with Gasteiger partial charge in [0.05, 0.1) is 24.3 Å². The van der Waals surface area contributed by atoms with Crippen LogP contribution < -0.4 is 10.6 Å². The molecule has 3 aliphatic heterocycles. The van der Waals surface area contributed by atoms with E-state index in [9.17, 15) is 29.0 Å². The normalized spacial score (nSPS) is 21.9. The van der Waals surface area contributed by atoms with Gasteiger partial charge in [0.2, 0.25) is 11.8 Å². The number of amides is 3. The minimum Gasteiger partial charge on any atom is -0.380 e. The van der Waals surface area contributed by atoms with Crippen LogP contribution in [-0.4, -0.2) is 70.1 Å². The van der Waals surface area contributed by atoms with Crippen molar-refractivity contribution in [3.8, 4) is 0 Å². The molecule has 0 aliphatic carbocycles. The monoisotopic (exact) mass is 498 g/mol. The zero-order valence-corrected chi connectivity index (χ0v) is 19.5. The fraction of sp³-hybridized carbons (Fsp3) is 0.400. The molecule has 36 heavy (non-hydrogen) atoms. The van der Waals surface area contributed by atoms with Crippen molar-refractivity contribution in [2.75, 3.05) is 31.6 Å². The van der Waals surface area contributed by atoms with Gasteiger partial charge in [-0.15, -0.1) is 0 Å². The summed E-state index contributed by atoms with van der Waals surface area (Å²) in [5.74, 6) is -5.21. The van der Waals surface area contributed by atoms with Crippen molar-refractivity contribution in [2.45, 2.75) is 37.9 Å². The molecule has 2 aromatic carbocycles. The summed E-state index contributed by atoms with van der Waals surface area (Å²) in [6, 6.07) is 8.22. The van der Waals surface area contributed by atoms with Crippen molar-refractivity contribution < 1.29 is 33.7 Å². The van der Waals surface area contributed by atoms with Crippen LogP contribution >= 0.6 is 0 Å². The molecule has 2 aromatic rings. The Labute approximate surface area is 206 Å². The highest BCUT2D eigenvalue weighted by molar-refractivity contribution is 6.06. The van der Waals surface area contributed by atoms with Gasteiger partial charge in [-0.05, 0) is 36.2 Å². The van der Waals surface area contributed by atoms with Crippen molar-refractivity contribution in [3.05, 3.63) is 64.5 Å². The van der Waals surface area contributed by atoms with Crippen molar-refractivity contribution in [1.82, 2.24) is 15.1 Å². The van der Waals surface area contributed by atoms with E-state index in [-0.39, 0.29) is 36.2 Å². The van der Waals surface area contributed by atoms with Crippen molar-refractivity contribution >= 4 is 23.4 Å². The number of aliphatic hydroxyl groups is 2. The number of benzene rings is 2. The molecule has 5 rings (SSSR count). The Morgan fingerprint density at radius 3 is 2.67 bits per heavy atom. The highest BCUT2D eigenvalue weighted by atomic mass is 19.1. The lowest BCUT2D eigenvalue weighted by atomic mass is 10.0. The molecule has 2 fully saturated rings. The van der Waals surface area contributed by atoms with Crippen LogP contribution in [0, 0.1) is 5.82 Å². The molecule has 4 N–H and O–H groups in total. The quantitative estimate of drug-likeness (QED) is 0.337. The second-order valence-corrected chi connectivity index (χ2v) is 9.17. The lowest BCUT2D eigenvalue weighted by Crippen LogP contribution is -2.58. The number of fused-ring (bicyclic) bond motifs is 1. The van der Waals surface area contributed by atoms with Crippen LogP contribution in [0.1, 0.15) is 39.9 Å². The van der Waals surface area contributed by atoms with Gasteiger partial charge in [0.15, 0.2) is 0 Å². The first kappa shape index (κ1) is 24.3. The molecule has 3 aliphatic rings. The molecule has 3 amide bonds. The van der Waals surface area contributed by atoms with Crippen LogP contribution in [0.2, 0.25) is 0 Å². The average Bonchev–Trinajstić information content (AvgIpc) is 3.06. The number of hydrogen-bond acceptors (Lipinski definition) is 8. The van der Waals surface area contributed by atoms with Crippen molar-refractivity contribution in [1.29, 1.82) is 0 Å². The molecule has 190 valence electrons. The van der Waals surface area contributed by atoms with E-state index in [1.807, 2.05) is 0 Å². The van der Waals surface area contributed by atoms with E-state index >= 15 is 0 Å². The van der Waals surface area contributed by atoms with Gasteiger partial charge in [0.25, 0.3) is 11.8 Å². The Morgan fingerprint density at radius 2 is 1.92 bits per heavy atom. The van der Waals surface area contributed by atoms with Crippen LogP contribution in [0.5, 0.6) is 0 Å². The third-order valence-electron chi connectivity index (χ3n) is 6.80. The predicted octanol–water partition coefficient (Wildman–Crippen LogP) is 0.626. The number of carbonyl (C=O) groups is 3. The van der Waals surface area contributed by atoms with Crippen molar-refractivity contribution in [2.24, 2.45) is 0 Å². The van der Waals surface area contributed by atoms with Gasteiger partial charge in [0.1, 0.15) is 11.9 Å². The van der Waals surface area contributed by atoms with E-state index < -0.39 is 35.5 Å². The lowest BCUT2D eigenvalue weighted by Gasteiger charge is -2.36.